The van der Waals surface area contributed by atoms with Gasteiger partial charge in [0.15, 0.2) is 0 Å². The molecule has 3 fully saturated rings. The molecule has 5 heteroatoms. The van der Waals surface area contributed by atoms with E-state index < -0.39 is 0 Å². The fourth-order valence-corrected chi connectivity index (χ4v) is 4.21. The van der Waals surface area contributed by atoms with E-state index in [9.17, 15) is 4.79 Å². The molecule has 2 aliphatic heterocycles. The highest BCUT2D eigenvalue weighted by Gasteiger charge is 2.34. The second-order valence-corrected chi connectivity index (χ2v) is 8.43. The lowest BCUT2D eigenvalue weighted by Gasteiger charge is -2.26. The summed E-state index contributed by atoms with van der Waals surface area (Å²) in [5, 5.41) is 3.13. The Morgan fingerprint density at radius 2 is 1.81 bits per heavy atom. The molecule has 4 rings (SSSR count). The van der Waals surface area contributed by atoms with Gasteiger partial charge in [-0.3, -0.25) is 4.90 Å². The second kappa shape index (κ2) is 9.07. The van der Waals surface area contributed by atoms with Crippen LogP contribution in [0.5, 0.6) is 0 Å². The SMILES string of the molecule is O=C(NCc1ccc(CN2CCCCC2)cc1)N(CC1CCOC1)C1CC1. The van der Waals surface area contributed by atoms with Gasteiger partial charge in [0.05, 0.1) is 6.61 Å². The summed E-state index contributed by atoms with van der Waals surface area (Å²) in [7, 11) is 0. The second-order valence-electron chi connectivity index (χ2n) is 8.43. The standard InChI is InChI=1S/C22H33N3O2/c26-22(25(21-8-9-21)16-20-10-13-27-17-20)23-14-18-4-6-19(7-5-18)15-24-11-2-1-3-12-24/h4-7,20-21H,1-3,8-17H2,(H,23,26). The van der Waals surface area contributed by atoms with Crippen molar-refractivity contribution in [1.82, 2.24) is 15.1 Å². The van der Waals surface area contributed by atoms with Crippen LogP contribution in [-0.2, 0) is 17.8 Å². The highest BCUT2D eigenvalue weighted by molar-refractivity contribution is 5.75. The summed E-state index contributed by atoms with van der Waals surface area (Å²) in [5.74, 6) is 0.505. The molecule has 2 saturated heterocycles. The van der Waals surface area contributed by atoms with Crippen LogP contribution in [0.3, 0.4) is 0 Å². The zero-order valence-electron chi connectivity index (χ0n) is 16.4. The van der Waals surface area contributed by atoms with Gasteiger partial charge in [0.2, 0.25) is 0 Å². The molecule has 0 bridgehead atoms. The van der Waals surface area contributed by atoms with E-state index in [2.05, 4.69) is 34.5 Å². The van der Waals surface area contributed by atoms with Crippen molar-refractivity contribution in [2.75, 3.05) is 32.8 Å². The fourth-order valence-electron chi connectivity index (χ4n) is 4.21. The van der Waals surface area contributed by atoms with Crippen LogP contribution in [-0.4, -0.2) is 54.7 Å². The van der Waals surface area contributed by atoms with Gasteiger partial charge in [0.25, 0.3) is 0 Å². The molecule has 27 heavy (non-hydrogen) atoms. The van der Waals surface area contributed by atoms with E-state index in [1.165, 1.54) is 43.5 Å². The molecule has 1 saturated carbocycles. The summed E-state index contributed by atoms with van der Waals surface area (Å²) < 4.78 is 5.47. The first-order chi connectivity index (χ1) is 13.3. The smallest absolute Gasteiger partial charge is 0.317 e. The van der Waals surface area contributed by atoms with E-state index in [4.69, 9.17) is 4.74 Å². The average Bonchev–Trinajstić information content (AvgIpc) is 3.41. The number of rotatable bonds is 7. The summed E-state index contributed by atoms with van der Waals surface area (Å²) in [6, 6.07) is 9.27. The Kier molecular flexibility index (Phi) is 6.30. The van der Waals surface area contributed by atoms with Crippen LogP contribution in [0.4, 0.5) is 4.79 Å². The van der Waals surface area contributed by atoms with Gasteiger partial charge in [0.1, 0.15) is 0 Å². The van der Waals surface area contributed by atoms with Crippen molar-refractivity contribution in [2.45, 2.75) is 57.7 Å². The number of carbonyl (C=O) groups excluding carboxylic acids is 1. The lowest BCUT2D eigenvalue weighted by Crippen LogP contribution is -2.43. The summed E-state index contributed by atoms with van der Waals surface area (Å²) in [6.45, 7) is 6.58. The molecule has 1 unspecified atom stereocenters. The Labute approximate surface area is 163 Å². The predicted molar refractivity (Wildman–Crippen MR) is 106 cm³/mol. The van der Waals surface area contributed by atoms with Gasteiger partial charge in [-0.1, -0.05) is 30.7 Å². The van der Waals surface area contributed by atoms with Crippen LogP contribution in [0.25, 0.3) is 0 Å². The number of carbonyl (C=O) groups is 1. The largest absolute Gasteiger partial charge is 0.381 e. The predicted octanol–water partition coefficient (Wildman–Crippen LogP) is 3.38. The molecule has 1 atom stereocenters. The van der Waals surface area contributed by atoms with Crippen molar-refractivity contribution in [3.8, 4) is 0 Å². The van der Waals surface area contributed by atoms with Crippen LogP contribution in [0, 0.1) is 5.92 Å². The summed E-state index contributed by atoms with van der Waals surface area (Å²) in [4.78, 5) is 17.3. The molecule has 0 spiro atoms. The highest BCUT2D eigenvalue weighted by atomic mass is 16.5. The fraction of sp³-hybridized carbons (Fsp3) is 0.682. The maximum atomic E-state index is 12.7. The minimum atomic E-state index is 0.0850. The Morgan fingerprint density at radius 1 is 1.07 bits per heavy atom. The third-order valence-electron chi connectivity index (χ3n) is 6.05. The van der Waals surface area contributed by atoms with E-state index in [1.54, 1.807) is 0 Å². The van der Waals surface area contributed by atoms with Crippen molar-refractivity contribution >= 4 is 6.03 Å². The van der Waals surface area contributed by atoms with E-state index in [0.717, 1.165) is 45.6 Å². The Balaban J connectivity index is 1.25. The Bertz CT molecular complexity index is 602. The molecule has 0 radical (unpaired) electrons. The molecule has 2 amide bonds. The van der Waals surface area contributed by atoms with Crippen molar-refractivity contribution in [1.29, 1.82) is 0 Å². The van der Waals surface area contributed by atoms with Crippen molar-refractivity contribution in [2.24, 2.45) is 5.92 Å². The third kappa shape index (κ3) is 5.45. The molecule has 0 aromatic heterocycles. The van der Waals surface area contributed by atoms with Gasteiger partial charge in [0, 0.05) is 38.2 Å². The van der Waals surface area contributed by atoms with Crippen LogP contribution in [0.1, 0.15) is 49.7 Å². The normalized spacial score (nSPS) is 23.3. The minimum Gasteiger partial charge on any atom is -0.381 e. The first kappa shape index (κ1) is 18.8. The lowest BCUT2D eigenvalue weighted by atomic mass is 10.1. The molecular formula is C22H33N3O2. The Morgan fingerprint density at radius 3 is 2.48 bits per heavy atom. The zero-order chi connectivity index (χ0) is 18.5. The van der Waals surface area contributed by atoms with Gasteiger partial charge in [-0.15, -0.1) is 0 Å². The molecule has 3 aliphatic rings. The van der Waals surface area contributed by atoms with Gasteiger partial charge in [-0.2, -0.15) is 0 Å². The Hall–Kier alpha value is -1.59. The molecule has 1 N–H and O–H groups in total. The van der Waals surface area contributed by atoms with Crippen LogP contribution in [0.2, 0.25) is 0 Å². The number of hydrogen-bond donors (Lipinski definition) is 1. The number of urea groups is 1. The summed E-state index contributed by atoms with van der Waals surface area (Å²) in [5.41, 5.74) is 2.54. The average molecular weight is 372 g/mol. The summed E-state index contributed by atoms with van der Waals surface area (Å²) >= 11 is 0. The van der Waals surface area contributed by atoms with E-state index in [0.29, 0.717) is 18.5 Å². The van der Waals surface area contributed by atoms with Crippen LogP contribution >= 0.6 is 0 Å². The number of hydrogen-bond acceptors (Lipinski definition) is 3. The molecular weight excluding hydrogens is 338 g/mol. The lowest BCUT2D eigenvalue weighted by molar-refractivity contribution is 0.162. The first-order valence-corrected chi connectivity index (χ1v) is 10.7. The minimum absolute atomic E-state index is 0.0850. The van der Waals surface area contributed by atoms with Gasteiger partial charge in [-0.05, 0) is 56.3 Å². The molecule has 1 aromatic rings. The zero-order valence-corrected chi connectivity index (χ0v) is 16.4. The molecule has 2 heterocycles. The van der Waals surface area contributed by atoms with Crippen LogP contribution < -0.4 is 5.32 Å². The maximum absolute atomic E-state index is 12.7. The number of nitrogens with one attached hydrogen (secondary N) is 1. The third-order valence-corrected chi connectivity index (χ3v) is 6.05. The van der Waals surface area contributed by atoms with Crippen molar-refractivity contribution < 1.29 is 9.53 Å². The van der Waals surface area contributed by atoms with Crippen molar-refractivity contribution in [3.63, 3.8) is 0 Å². The number of benzene rings is 1. The van der Waals surface area contributed by atoms with Crippen molar-refractivity contribution in [3.05, 3.63) is 35.4 Å². The molecule has 1 aliphatic carbocycles. The van der Waals surface area contributed by atoms with Gasteiger partial charge < -0.3 is 15.0 Å². The van der Waals surface area contributed by atoms with E-state index >= 15 is 0 Å². The molecule has 5 nitrogen and oxygen atoms in total. The summed E-state index contributed by atoms with van der Waals surface area (Å²) in [6.07, 6.45) is 7.40. The number of piperidine rings is 1. The monoisotopic (exact) mass is 371 g/mol. The molecule has 148 valence electrons. The van der Waals surface area contributed by atoms with E-state index in [1.807, 2.05) is 4.90 Å². The van der Waals surface area contributed by atoms with Gasteiger partial charge in [-0.25, -0.2) is 4.79 Å². The molecule has 1 aromatic carbocycles. The number of likely N-dealkylation sites (tertiary alicyclic amines) is 1. The maximum Gasteiger partial charge on any atom is 0.317 e. The quantitative estimate of drug-likeness (QED) is 0.799. The highest BCUT2D eigenvalue weighted by Crippen LogP contribution is 2.29. The number of amides is 2. The topological polar surface area (TPSA) is 44.8 Å². The van der Waals surface area contributed by atoms with Crippen LogP contribution in [0.15, 0.2) is 24.3 Å². The first-order valence-electron chi connectivity index (χ1n) is 10.7. The number of nitrogens with zero attached hydrogens (tertiary/aromatic N) is 2. The number of ether oxygens (including phenoxy) is 1. The van der Waals surface area contributed by atoms with Gasteiger partial charge >= 0.3 is 6.03 Å². The van der Waals surface area contributed by atoms with E-state index in [-0.39, 0.29) is 6.03 Å².